The number of likely N-dealkylation sites (tertiary alicyclic amines) is 1. The second kappa shape index (κ2) is 9.16. The number of fused-ring (bicyclic) bond motifs is 1. The van der Waals surface area contributed by atoms with Crippen molar-refractivity contribution in [3.8, 4) is 5.75 Å². The average Bonchev–Trinajstić information content (AvgIpc) is 2.73. The van der Waals surface area contributed by atoms with Crippen LogP contribution < -0.4 is 15.4 Å². The third-order valence-corrected chi connectivity index (χ3v) is 6.65. The summed E-state index contributed by atoms with van der Waals surface area (Å²) in [6, 6.07) is 15.4. The second-order valence-electron chi connectivity index (χ2n) is 7.47. The lowest BCUT2D eigenvalue weighted by Gasteiger charge is -2.45. The zero-order valence-electron chi connectivity index (χ0n) is 16.1. The van der Waals surface area contributed by atoms with E-state index >= 15 is 0 Å². The maximum Gasteiger partial charge on any atom is 0.126 e. The van der Waals surface area contributed by atoms with E-state index in [0.29, 0.717) is 12.6 Å². The molecule has 0 radical (unpaired) electrons. The van der Waals surface area contributed by atoms with Gasteiger partial charge in [-0.15, -0.1) is 11.8 Å². The molecular formula is C22H28FN3OS. The summed E-state index contributed by atoms with van der Waals surface area (Å²) in [5.41, 5.74) is 9.23. The first kappa shape index (κ1) is 19.6. The Hall–Kier alpha value is -1.76. The molecule has 0 saturated carbocycles. The summed E-state index contributed by atoms with van der Waals surface area (Å²) in [6.45, 7) is 3.88. The van der Waals surface area contributed by atoms with Gasteiger partial charge >= 0.3 is 0 Å². The van der Waals surface area contributed by atoms with E-state index in [2.05, 4.69) is 34.1 Å². The highest BCUT2D eigenvalue weighted by Gasteiger charge is 2.32. The Balaban J connectivity index is 1.23. The van der Waals surface area contributed by atoms with Crippen LogP contribution in [0.5, 0.6) is 5.75 Å². The van der Waals surface area contributed by atoms with Gasteiger partial charge in [-0.3, -0.25) is 0 Å². The molecule has 0 aromatic heterocycles. The fraction of sp³-hybridized carbons (Fsp3) is 0.455. The van der Waals surface area contributed by atoms with Crippen molar-refractivity contribution in [1.29, 1.82) is 0 Å². The highest BCUT2D eigenvalue weighted by atomic mass is 32.2. The zero-order chi connectivity index (χ0) is 19.3. The zero-order valence-corrected chi connectivity index (χ0v) is 16.9. The molecule has 4 rings (SSSR count). The van der Waals surface area contributed by atoms with Gasteiger partial charge in [0.25, 0.3) is 0 Å². The molecule has 2 aromatic carbocycles. The van der Waals surface area contributed by atoms with Crippen molar-refractivity contribution in [3.63, 3.8) is 0 Å². The van der Waals surface area contributed by atoms with Crippen LogP contribution in [0, 0.1) is 5.82 Å². The number of piperidine rings is 1. The molecular weight excluding hydrogens is 373 g/mol. The number of thioether (sulfide) groups is 1. The molecule has 0 bridgehead atoms. The van der Waals surface area contributed by atoms with Crippen molar-refractivity contribution in [2.24, 2.45) is 5.73 Å². The molecule has 0 amide bonds. The van der Waals surface area contributed by atoms with E-state index in [0.717, 1.165) is 50.4 Å². The number of halogens is 1. The second-order valence-corrected chi connectivity index (χ2v) is 8.57. The van der Waals surface area contributed by atoms with Gasteiger partial charge < -0.3 is 20.3 Å². The maximum atomic E-state index is 12.9. The van der Waals surface area contributed by atoms with Crippen molar-refractivity contribution in [2.75, 3.05) is 31.1 Å². The van der Waals surface area contributed by atoms with E-state index < -0.39 is 0 Å². The van der Waals surface area contributed by atoms with Gasteiger partial charge in [-0.1, -0.05) is 18.2 Å². The Morgan fingerprint density at radius 3 is 2.61 bits per heavy atom. The summed E-state index contributed by atoms with van der Waals surface area (Å²) in [6.07, 6.45) is 3.26. The minimum atomic E-state index is -0.232. The Morgan fingerprint density at radius 2 is 1.82 bits per heavy atom. The summed E-state index contributed by atoms with van der Waals surface area (Å²) in [7, 11) is 0. The molecule has 0 aliphatic carbocycles. The first-order chi connectivity index (χ1) is 13.7. The Morgan fingerprint density at radius 1 is 1.07 bits per heavy atom. The van der Waals surface area contributed by atoms with Crippen LogP contribution in [-0.4, -0.2) is 42.7 Å². The standard InChI is InChI=1S/C22H28FN3OS/c23-18-6-8-20(9-7-18)27-15-3-12-25-13-10-19(11-14-25)26-21-5-2-1-4-17(21)16-28-22(26)24/h1-2,4-9,19,22H,3,10-16,24H2. The van der Waals surface area contributed by atoms with Gasteiger partial charge in [-0.05, 0) is 55.2 Å². The SMILES string of the molecule is NC1SCc2ccccc2N1C1CCN(CCCOc2ccc(F)cc2)CC1. The predicted octanol–water partition coefficient (Wildman–Crippen LogP) is 4.05. The van der Waals surface area contributed by atoms with Crippen molar-refractivity contribution in [2.45, 2.75) is 36.6 Å². The number of benzene rings is 2. The third-order valence-electron chi connectivity index (χ3n) is 5.61. The maximum absolute atomic E-state index is 12.9. The Bertz CT molecular complexity index is 765. The molecule has 2 heterocycles. The van der Waals surface area contributed by atoms with E-state index in [1.807, 2.05) is 11.8 Å². The lowest BCUT2D eigenvalue weighted by Crippen LogP contribution is -2.52. The molecule has 1 unspecified atom stereocenters. The first-order valence-corrected chi connectivity index (χ1v) is 11.1. The van der Waals surface area contributed by atoms with E-state index in [1.54, 1.807) is 12.1 Å². The lowest BCUT2D eigenvalue weighted by atomic mass is 10.0. The van der Waals surface area contributed by atoms with Crippen LogP contribution >= 0.6 is 11.8 Å². The normalized spacial score (nSPS) is 20.8. The van der Waals surface area contributed by atoms with Crippen LogP contribution in [0.4, 0.5) is 10.1 Å². The summed E-state index contributed by atoms with van der Waals surface area (Å²) in [5, 5.41) is 0. The molecule has 2 aliphatic heterocycles. The van der Waals surface area contributed by atoms with Crippen LogP contribution in [0.15, 0.2) is 48.5 Å². The fourth-order valence-corrected chi connectivity index (χ4v) is 5.15. The first-order valence-electron chi connectivity index (χ1n) is 10.0. The third kappa shape index (κ3) is 4.62. The van der Waals surface area contributed by atoms with Gasteiger partial charge in [0.15, 0.2) is 0 Å². The molecule has 1 fully saturated rings. The number of para-hydroxylation sites is 1. The number of nitrogens with zero attached hydrogens (tertiary/aromatic N) is 2. The smallest absolute Gasteiger partial charge is 0.126 e. The number of hydrogen-bond acceptors (Lipinski definition) is 5. The monoisotopic (exact) mass is 401 g/mol. The molecule has 28 heavy (non-hydrogen) atoms. The van der Waals surface area contributed by atoms with Crippen LogP contribution in [0.3, 0.4) is 0 Å². The van der Waals surface area contributed by atoms with Crippen LogP contribution in [-0.2, 0) is 5.75 Å². The predicted molar refractivity (Wildman–Crippen MR) is 114 cm³/mol. The van der Waals surface area contributed by atoms with Crippen molar-refractivity contribution < 1.29 is 9.13 Å². The highest BCUT2D eigenvalue weighted by Crippen LogP contribution is 2.37. The number of ether oxygens (including phenoxy) is 1. The molecule has 4 nitrogen and oxygen atoms in total. The molecule has 2 aliphatic rings. The summed E-state index contributed by atoms with van der Waals surface area (Å²) in [4.78, 5) is 4.96. The van der Waals surface area contributed by atoms with Gasteiger partial charge in [0, 0.05) is 37.1 Å². The quantitative estimate of drug-likeness (QED) is 0.740. The number of anilines is 1. The summed E-state index contributed by atoms with van der Waals surface area (Å²) >= 11 is 1.83. The average molecular weight is 402 g/mol. The topological polar surface area (TPSA) is 41.7 Å². The van der Waals surface area contributed by atoms with Gasteiger partial charge in [0.05, 0.1) is 6.61 Å². The van der Waals surface area contributed by atoms with E-state index in [9.17, 15) is 4.39 Å². The van der Waals surface area contributed by atoms with E-state index in [1.165, 1.54) is 23.4 Å². The highest BCUT2D eigenvalue weighted by molar-refractivity contribution is 7.99. The molecule has 2 N–H and O–H groups in total. The van der Waals surface area contributed by atoms with Gasteiger partial charge in [0.1, 0.15) is 17.1 Å². The number of hydrogen-bond donors (Lipinski definition) is 1. The molecule has 1 saturated heterocycles. The number of rotatable bonds is 6. The van der Waals surface area contributed by atoms with Gasteiger partial charge in [-0.25, -0.2) is 4.39 Å². The molecule has 0 spiro atoms. The minimum absolute atomic E-state index is 0.0514. The minimum Gasteiger partial charge on any atom is -0.494 e. The summed E-state index contributed by atoms with van der Waals surface area (Å²) < 4.78 is 18.6. The van der Waals surface area contributed by atoms with E-state index in [-0.39, 0.29) is 11.3 Å². The van der Waals surface area contributed by atoms with Crippen LogP contribution in [0.25, 0.3) is 0 Å². The molecule has 1 atom stereocenters. The molecule has 2 aromatic rings. The largest absolute Gasteiger partial charge is 0.494 e. The Labute approximate surface area is 170 Å². The van der Waals surface area contributed by atoms with Crippen molar-refractivity contribution in [3.05, 3.63) is 59.9 Å². The fourth-order valence-electron chi connectivity index (χ4n) is 4.11. The number of nitrogens with two attached hydrogens (primary N) is 1. The lowest BCUT2D eigenvalue weighted by molar-refractivity contribution is 0.190. The Kier molecular flexibility index (Phi) is 6.40. The van der Waals surface area contributed by atoms with Gasteiger partial charge in [-0.2, -0.15) is 0 Å². The van der Waals surface area contributed by atoms with Gasteiger partial charge in [0.2, 0.25) is 0 Å². The van der Waals surface area contributed by atoms with Crippen LogP contribution in [0.1, 0.15) is 24.8 Å². The summed E-state index contributed by atoms with van der Waals surface area (Å²) in [5.74, 6) is 1.50. The van der Waals surface area contributed by atoms with E-state index in [4.69, 9.17) is 10.5 Å². The molecule has 150 valence electrons. The van der Waals surface area contributed by atoms with Crippen molar-refractivity contribution in [1.82, 2.24) is 4.90 Å². The van der Waals surface area contributed by atoms with Crippen molar-refractivity contribution >= 4 is 17.4 Å². The molecule has 6 heteroatoms. The van der Waals surface area contributed by atoms with Crippen LogP contribution in [0.2, 0.25) is 0 Å².